The molecule has 2 aromatic rings. The van der Waals surface area contributed by atoms with Gasteiger partial charge < -0.3 is 0 Å². The van der Waals surface area contributed by atoms with E-state index in [4.69, 9.17) is 5.53 Å². The van der Waals surface area contributed by atoms with Crippen LogP contribution in [0.15, 0.2) is 41.6 Å². The van der Waals surface area contributed by atoms with Gasteiger partial charge >= 0.3 is 0 Å². The number of rotatable bonds is 4. The first-order valence-corrected chi connectivity index (χ1v) is 5.68. The highest BCUT2D eigenvalue weighted by molar-refractivity contribution is 7.13. The van der Waals surface area contributed by atoms with Gasteiger partial charge in [-0.05, 0) is 5.53 Å². The normalized spacial score (nSPS) is 9.65. The Balaban J connectivity index is 2.20. The van der Waals surface area contributed by atoms with Crippen LogP contribution >= 0.6 is 11.3 Å². The summed E-state index contributed by atoms with van der Waals surface area (Å²) in [4.78, 5) is 19.5. The van der Waals surface area contributed by atoms with Crippen molar-refractivity contribution in [2.75, 3.05) is 0 Å². The maximum absolute atomic E-state index is 12.0. The van der Waals surface area contributed by atoms with Crippen molar-refractivity contribution in [3.8, 4) is 0 Å². The molecule has 0 aliphatic carbocycles. The van der Waals surface area contributed by atoms with Crippen LogP contribution in [0, 0.1) is 0 Å². The first-order chi connectivity index (χ1) is 8.31. The minimum absolute atomic E-state index is 0.109. The summed E-state index contributed by atoms with van der Waals surface area (Å²) < 4.78 is 0. The molecule has 0 unspecified atom stereocenters. The number of benzene rings is 1. The summed E-state index contributed by atoms with van der Waals surface area (Å²) in [6, 6.07) is 8.96. The van der Waals surface area contributed by atoms with E-state index in [0.29, 0.717) is 10.6 Å². The molecule has 6 heteroatoms. The van der Waals surface area contributed by atoms with E-state index in [1.165, 1.54) is 11.3 Å². The number of azide groups is 1. The minimum atomic E-state index is -0.109. The van der Waals surface area contributed by atoms with E-state index in [1.54, 1.807) is 18.3 Å². The molecule has 0 amide bonds. The molecule has 0 atom stereocenters. The van der Waals surface area contributed by atoms with Crippen LogP contribution in [-0.4, -0.2) is 10.8 Å². The molecule has 0 aliphatic heterocycles. The van der Waals surface area contributed by atoms with E-state index >= 15 is 0 Å². The summed E-state index contributed by atoms with van der Waals surface area (Å²) in [5.41, 5.74) is 8.81. The quantitative estimate of drug-likeness (QED) is 0.358. The number of aromatic nitrogens is 1. The van der Waals surface area contributed by atoms with Crippen molar-refractivity contribution in [2.45, 2.75) is 6.54 Å². The van der Waals surface area contributed by atoms with E-state index in [0.717, 1.165) is 4.88 Å². The predicted molar refractivity (Wildman–Crippen MR) is 64.8 cm³/mol. The Bertz CT molecular complexity index is 572. The molecule has 0 spiro atoms. The predicted octanol–water partition coefficient (Wildman–Crippen LogP) is 3.18. The molecule has 0 saturated heterocycles. The molecule has 1 aromatic carbocycles. The molecule has 2 rings (SSSR count). The second kappa shape index (κ2) is 5.25. The Hall–Kier alpha value is -2.17. The average molecular weight is 244 g/mol. The third kappa shape index (κ3) is 2.69. The van der Waals surface area contributed by atoms with Gasteiger partial charge in [0.1, 0.15) is 0 Å². The van der Waals surface area contributed by atoms with Gasteiger partial charge in [-0.15, -0.1) is 11.3 Å². The van der Waals surface area contributed by atoms with E-state index in [-0.39, 0.29) is 12.3 Å². The van der Waals surface area contributed by atoms with Gasteiger partial charge in [-0.25, -0.2) is 4.98 Å². The average Bonchev–Trinajstić information content (AvgIpc) is 2.85. The zero-order valence-electron chi connectivity index (χ0n) is 8.78. The first kappa shape index (κ1) is 11.3. The molecule has 0 radical (unpaired) electrons. The van der Waals surface area contributed by atoms with Gasteiger partial charge in [0.25, 0.3) is 0 Å². The Morgan fingerprint density at radius 1 is 1.41 bits per heavy atom. The summed E-state index contributed by atoms with van der Waals surface area (Å²) in [7, 11) is 0. The monoisotopic (exact) mass is 244 g/mol. The maximum atomic E-state index is 12.0. The van der Waals surface area contributed by atoms with Gasteiger partial charge in [-0.1, -0.05) is 35.4 Å². The Morgan fingerprint density at radius 2 is 2.18 bits per heavy atom. The van der Waals surface area contributed by atoms with E-state index in [9.17, 15) is 4.79 Å². The van der Waals surface area contributed by atoms with E-state index < -0.39 is 0 Å². The van der Waals surface area contributed by atoms with Crippen LogP contribution in [0.4, 0.5) is 0 Å². The topological polar surface area (TPSA) is 78.7 Å². The van der Waals surface area contributed by atoms with Gasteiger partial charge in [-0.3, -0.25) is 4.79 Å². The lowest BCUT2D eigenvalue weighted by Gasteiger charge is -1.94. The SMILES string of the molecule is [N-]=[N+]=NCc1cnc(C(=O)c2ccccc2)s1. The lowest BCUT2D eigenvalue weighted by atomic mass is 10.1. The summed E-state index contributed by atoms with van der Waals surface area (Å²) in [5.74, 6) is -0.109. The molecule has 0 fully saturated rings. The summed E-state index contributed by atoms with van der Waals surface area (Å²) >= 11 is 1.25. The number of ketones is 1. The zero-order chi connectivity index (χ0) is 12.1. The van der Waals surface area contributed by atoms with Crippen LogP contribution < -0.4 is 0 Å². The standard InChI is InChI=1S/C11H8N4OS/c12-15-14-7-9-6-13-11(17-9)10(16)8-4-2-1-3-5-8/h1-6H,7H2. The summed E-state index contributed by atoms with van der Waals surface area (Å²) in [6.45, 7) is 0.232. The fourth-order valence-electron chi connectivity index (χ4n) is 1.30. The number of hydrogen-bond donors (Lipinski definition) is 0. The molecule has 1 heterocycles. The number of nitrogens with zero attached hydrogens (tertiary/aromatic N) is 4. The number of carbonyl (C=O) groups excluding carboxylic acids is 1. The highest BCUT2D eigenvalue weighted by atomic mass is 32.1. The molecule has 1 aromatic heterocycles. The van der Waals surface area contributed by atoms with Crippen molar-refractivity contribution < 1.29 is 4.79 Å². The second-order valence-corrected chi connectivity index (χ2v) is 4.33. The zero-order valence-corrected chi connectivity index (χ0v) is 9.59. The number of carbonyl (C=O) groups is 1. The third-order valence-electron chi connectivity index (χ3n) is 2.07. The van der Waals surface area contributed by atoms with Gasteiger partial charge in [0.05, 0.1) is 6.54 Å². The molecule has 5 nitrogen and oxygen atoms in total. The van der Waals surface area contributed by atoms with Gasteiger partial charge in [0, 0.05) is 21.5 Å². The second-order valence-electron chi connectivity index (χ2n) is 3.22. The Kier molecular flexibility index (Phi) is 3.49. The van der Waals surface area contributed by atoms with E-state index in [1.807, 2.05) is 18.2 Å². The highest BCUT2D eigenvalue weighted by Crippen LogP contribution is 2.17. The first-order valence-electron chi connectivity index (χ1n) is 4.86. The molecular formula is C11H8N4OS. The lowest BCUT2D eigenvalue weighted by molar-refractivity contribution is 0.103. The maximum Gasteiger partial charge on any atom is 0.221 e. The fraction of sp³-hybridized carbons (Fsp3) is 0.0909. The smallest absolute Gasteiger partial charge is 0.221 e. The van der Waals surface area contributed by atoms with Crippen molar-refractivity contribution in [1.82, 2.24) is 4.98 Å². The Labute approximate surface area is 101 Å². The molecule has 0 saturated carbocycles. The molecule has 0 bridgehead atoms. The fourth-order valence-corrected chi connectivity index (χ4v) is 2.09. The van der Waals surface area contributed by atoms with Gasteiger partial charge in [-0.2, -0.15) is 0 Å². The van der Waals surface area contributed by atoms with Crippen LogP contribution in [0.5, 0.6) is 0 Å². The Morgan fingerprint density at radius 3 is 2.88 bits per heavy atom. The van der Waals surface area contributed by atoms with Crippen molar-refractivity contribution in [3.63, 3.8) is 0 Å². The lowest BCUT2D eigenvalue weighted by Crippen LogP contribution is -1.99. The summed E-state index contributed by atoms with van der Waals surface area (Å²) in [5, 5.41) is 3.84. The van der Waals surface area contributed by atoms with Crippen molar-refractivity contribution in [3.05, 3.63) is 62.4 Å². The van der Waals surface area contributed by atoms with Crippen molar-refractivity contribution >= 4 is 17.1 Å². The van der Waals surface area contributed by atoms with Crippen LogP contribution in [0.25, 0.3) is 10.4 Å². The van der Waals surface area contributed by atoms with Crippen molar-refractivity contribution in [2.24, 2.45) is 5.11 Å². The van der Waals surface area contributed by atoms with E-state index in [2.05, 4.69) is 15.0 Å². The van der Waals surface area contributed by atoms with Crippen LogP contribution in [0.1, 0.15) is 20.2 Å². The molecule has 0 N–H and O–H groups in total. The van der Waals surface area contributed by atoms with Crippen LogP contribution in [0.2, 0.25) is 0 Å². The molecule has 84 valence electrons. The summed E-state index contributed by atoms with van der Waals surface area (Å²) in [6.07, 6.45) is 1.56. The van der Waals surface area contributed by atoms with Crippen LogP contribution in [0.3, 0.4) is 0 Å². The number of thiazole rings is 1. The minimum Gasteiger partial charge on any atom is -0.286 e. The molecular weight excluding hydrogens is 236 g/mol. The third-order valence-corrected chi connectivity index (χ3v) is 3.05. The highest BCUT2D eigenvalue weighted by Gasteiger charge is 2.12. The van der Waals surface area contributed by atoms with Crippen molar-refractivity contribution in [1.29, 1.82) is 0 Å². The van der Waals surface area contributed by atoms with Gasteiger partial charge in [0.2, 0.25) is 5.78 Å². The number of hydrogen-bond acceptors (Lipinski definition) is 4. The van der Waals surface area contributed by atoms with Gasteiger partial charge in [0.15, 0.2) is 5.01 Å². The molecule has 0 aliphatic rings. The molecule has 17 heavy (non-hydrogen) atoms. The largest absolute Gasteiger partial charge is 0.286 e. The van der Waals surface area contributed by atoms with Crippen LogP contribution in [-0.2, 0) is 6.54 Å².